The van der Waals surface area contributed by atoms with Gasteiger partial charge >= 0.3 is 6.18 Å². The summed E-state index contributed by atoms with van der Waals surface area (Å²) in [5.41, 5.74) is -1.72. The molecule has 0 spiro atoms. The van der Waals surface area contributed by atoms with E-state index in [9.17, 15) is 27.2 Å². The second-order valence-corrected chi connectivity index (χ2v) is 6.31. The molecule has 0 aliphatic heterocycles. The normalized spacial score (nSPS) is 13.8. The number of methoxy groups -OCH3 is 1. The number of hydrogen-bond donors (Lipinski definition) is 2. The molecule has 1 aliphatic carbocycles. The zero-order chi connectivity index (χ0) is 20.5. The Kier molecular flexibility index (Phi) is 5.26. The first-order valence-electron chi connectivity index (χ1n) is 8.36. The number of ether oxygens (including phenoxy) is 1. The van der Waals surface area contributed by atoms with Crippen LogP contribution in [0.4, 0.5) is 23.2 Å². The first-order chi connectivity index (χ1) is 13.2. The molecule has 0 saturated heterocycles. The summed E-state index contributed by atoms with van der Waals surface area (Å²) in [7, 11) is 1.41. The van der Waals surface area contributed by atoms with Crippen molar-refractivity contribution in [3.63, 3.8) is 0 Å². The lowest BCUT2D eigenvalue weighted by atomic mass is 10.1. The van der Waals surface area contributed by atoms with Gasteiger partial charge in [-0.05, 0) is 49.2 Å². The Morgan fingerprint density at radius 2 is 1.79 bits per heavy atom. The Bertz CT molecular complexity index is 924. The van der Waals surface area contributed by atoms with Crippen LogP contribution in [0, 0.1) is 5.82 Å². The van der Waals surface area contributed by atoms with Crippen molar-refractivity contribution >= 4 is 17.5 Å². The molecule has 3 rings (SSSR count). The molecule has 2 aromatic rings. The number of alkyl halides is 3. The molecule has 0 aromatic heterocycles. The Morgan fingerprint density at radius 3 is 2.39 bits per heavy atom. The molecule has 28 heavy (non-hydrogen) atoms. The minimum Gasteiger partial charge on any atom is -0.497 e. The van der Waals surface area contributed by atoms with E-state index in [1.807, 2.05) is 0 Å². The maximum Gasteiger partial charge on any atom is 0.419 e. The van der Waals surface area contributed by atoms with E-state index < -0.39 is 34.9 Å². The van der Waals surface area contributed by atoms with E-state index in [4.69, 9.17) is 4.74 Å². The van der Waals surface area contributed by atoms with Gasteiger partial charge < -0.3 is 15.4 Å². The summed E-state index contributed by atoms with van der Waals surface area (Å²) < 4.78 is 57.1. The van der Waals surface area contributed by atoms with Crippen LogP contribution in [0.5, 0.6) is 5.75 Å². The molecule has 0 bridgehead atoms. The number of rotatable bonds is 5. The lowest BCUT2D eigenvalue weighted by molar-refractivity contribution is -0.140. The average Bonchev–Trinajstić information content (AvgIpc) is 3.45. The molecular formula is C19H16F4N2O3. The molecule has 1 fully saturated rings. The molecule has 2 amide bonds. The molecule has 148 valence electrons. The number of amides is 2. The molecule has 1 aliphatic rings. The Labute approximate surface area is 157 Å². The molecular weight excluding hydrogens is 380 g/mol. The van der Waals surface area contributed by atoms with E-state index in [-0.39, 0.29) is 17.3 Å². The van der Waals surface area contributed by atoms with Crippen molar-refractivity contribution in [2.24, 2.45) is 0 Å². The predicted octanol–water partition coefficient (Wildman–Crippen LogP) is 4.00. The van der Waals surface area contributed by atoms with Crippen LogP contribution in [0.2, 0.25) is 0 Å². The van der Waals surface area contributed by atoms with Gasteiger partial charge in [-0.25, -0.2) is 4.39 Å². The van der Waals surface area contributed by atoms with Crippen LogP contribution in [0.1, 0.15) is 39.1 Å². The summed E-state index contributed by atoms with van der Waals surface area (Å²) in [6.45, 7) is 0. The number of nitrogens with one attached hydrogen (secondary N) is 2. The summed E-state index contributed by atoms with van der Waals surface area (Å²) in [6, 6.07) is 6.33. The third kappa shape index (κ3) is 4.41. The zero-order valence-corrected chi connectivity index (χ0v) is 14.7. The van der Waals surface area contributed by atoms with Crippen LogP contribution < -0.4 is 15.4 Å². The zero-order valence-electron chi connectivity index (χ0n) is 14.7. The summed E-state index contributed by atoms with van der Waals surface area (Å²) >= 11 is 0. The van der Waals surface area contributed by atoms with Gasteiger partial charge in [0.15, 0.2) is 0 Å². The number of carbonyl (C=O) groups excluding carboxylic acids is 2. The fourth-order valence-electron chi connectivity index (χ4n) is 2.52. The number of benzene rings is 2. The van der Waals surface area contributed by atoms with E-state index >= 15 is 0 Å². The maximum absolute atomic E-state index is 13.4. The third-order valence-corrected chi connectivity index (χ3v) is 4.17. The van der Waals surface area contributed by atoms with Gasteiger partial charge in [-0.15, -0.1) is 0 Å². The Balaban J connectivity index is 1.88. The predicted molar refractivity (Wildman–Crippen MR) is 92.8 cm³/mol. The molecule has 5 nitrogen and oxygen atoms in total. The second-order valence-electron chi connectivity index (χ2n) is 6.31. The van der Waals surface area contributed by atoms with Crippen molar-refractivity contribution in [2.45, 2.75) is 25.1 Å². The molecule has 0 unspecified atom stereocenters. The van der Waals surface area contributed by atoms with Crippen LogP contribution in [0.3, 0.4) is 0 Å². The van der Waals surface area contributed by atoms with E-state index in [2.05, 4.69) is 10.6 Å². The van der Waals surface area contributed by atoms with Gasteiger partial charge in [0.05, 0.1) is 23.9 Å². The fraction of sp³-hybridized carbons (Fsp3) is 0.263. The highest BCUT2D eigenvalue weighted by Gasteiger charge is 2.34. The molecule has 9 heteroatoms. The lowest BCUT2D eigenvalue weighted by Gasteiger charge is -2.14. The lowest BCUT2D eigenvalue weighted by Crippen LogP contribution is -2.27. The molecule has 0 radical (unpaired) electrons. The Morgan fingerprint density at radius 1 is 1.07 bits per heavy atom. The molecule has 0 atom stereocenters. The quantitative estimate of drug-likeness (QED) is 0.751. The number of halogens is 4. The summed E-state index contributed by atoms with van der Waals surface area (Å²) in [6.07, 6.45) is -3.23. The van der Waals surface area contributed by atoms with Crippen molar-refractivity contribution < 1.29 is 31.9 Å². The van der Waals surface area contributed by atoms with Crippen LogP contribution in [-0.4, -0.2) is 25.0 Å². The number of carbonyl (C=O) groups is 2. The largest absolute Gasteiger partial charge is 0.497 e. The maximum atomic E-state index is 13.4. The van der Waals surface area contributed by atoms with Crippen LogP contribution in [0.15, 0.2) is 36.4 Å². The SMILES string of the molecule is COc1ccc(NC(=O)c2ccc(F)c(C(F)(F)F)c2)c(C(=O)NC2CC2)c1. The van der Waals surface area contributed by atoms with Crippen LogP contribution >= 0.6 is 0 Å². The van der Waals surface area contributed by atoms with E-state index in [1.165, 1.54) is 25.3 Å². The molecule has 2 N–H and O–H groups in total. The van der Waals surface area contributed by atoms with Crippen molar-refractivity contribution in [1.29, 1.82) is 0 Å². The van der Waals surface area contributed by atoms with Crippen molar-refractivity contribution in [3.05, 3.63) is 58.9 Å². The highest BCUT2D eigenvalue weighted by molar-refractivity contribution is 6.09. The smallest absolute Gasteiger partial charge is 0.419 e. The average molecular weight is 396 g/mol. The highest BCUT2D eigenvalue weighted by Crippen LogP contribution is 2.32. The van der Waals surface area contributed by atoms with Gasteiger partial charge in [0.25, 0.3) is 11.8 Å². The first-order valence-corrected chi connectivity index (χ1v) is 8.36. The van der Waals surface area contributed by atoms with Crippen LogP contribution in [-0.2, 0) is 6.18 Å². The third-order valence-electron chi connectivity index (χ3n) is 4.17. The monoisotopic (exact) mass is 396 g/mol. The highest BCUT2D eigenvalue weighted by atomic mass is 19.4. The topological polar surface area (TPSA) is 67.4 Å². The van der Waals surface area contributed by atoms with Crippen molar-refractivity contribution in [3.8, 4) is 5.75 Å². The molecule has 2 aromatic carbocycles. The number of anilines is 1. The minimum atomic E-state index is -4.93. The van der Waals surface area contributed by atoms with Gasteiger partial charge in [0, 0.05) is 11.6 Å². The van der Waals surface area contributed by atoms with E-state index in [0.717, 1.165) is 18.9 Å². The van der Waals surface area contributed by atoms with Gasteiger partial charge in [0.1, 0.15) is 11.6 Å². The summed E-state index contributed by atoms with van der Waals surface area (Å²) in [5, 5.41) is 5.17. The van der Waals surface area contributed by atoms with E-state index in [0.29, 0.717) is 17.9 Å². The second kappa shape index (κ2) is 7.49. The fourth-order valence-corrected chi connectivity index (χ4v) is 2.52. The van der Waals surface area contributed by atoms with Gasteiger partial charge in [-0.2, -0.15) is 13.2 Å². The summed E-state index contributed by atoms with van der Waals surface area (Å²) in [5.74, 6) is -2.44. The Hall–Kier alpha value is -3.10. The van der Waals surface area contributed by atoms with E-state index in [1.54, 1.807) is 0 Å². The van der Waals surface area contributed by atoms with Gasteiger partial charge in [-0.3, -0.25) is 9.59 Å². The van der Waals surface area contributed by atoms with Crippen molar-refractivity contribution in [1.82, 2.24) is 5.32 Å². The first kappa shape index (κ1) is 19.7. The minimum absolute atomic E-state index is 0.0636. The number of hydrogen-bond acceptors (Lipinski definition) is 3. The van der Waals surface area contributed by atoms with Crippen LogP contribution in [0.25, 0.3) is 0 Å². The standard InChI is InChI=1S/C19H16F4N2O3/c1-28-12-5-7-16(13(9-12)18(27)24-11-3-4-11)25-17(26)10-2-6-15(20)14(8-10)19(21,22)23/h2,5-9,11H,3-4H2,1H3,(H,24,27)(H,25,26). The van der Waals surface area contributed by atoms with Gasteiger partial charge in [0.2, 0.25) is 0 Å². The van der Waals surface area contributed by atoms with Gasteiger partial charge in [-0.1, -0.05) is 0 Å². The van der Waals surface area contributed by atoms with Crippen molar-refractivity contribution in [2.75, 3.05) is 12.4 Å². The summed E-state index contributed by atoms with van der Waals surface area (Å²) in [4.78, 5) is 24.8. The molecule has 0 heterocycles. The molecule has 1 saturated carbocycles.